The minimum Gasteiger partial charge on any atom is -0.491 e. The van der Waals surface area contributed by atoms with E-state index in [0.717, 1.165) is 40.8 Å². The monoisotopic (exact) mass is 483 g/mol. The van der Waals surface area contributed by atoms with E-state index in [-0.39, 0.29) is 17.4 Å². The molecule has 4 aromatic rings. The summed E-state index contributed by atoms with van der Waals surface area (Å²) in [6.07, 6.45) is 3.44. The molecule has 0 saturated heterocycles. The summed E-state index contributed by atoms with van der Waals surface area (Å²) in [6.45, 7) is 3.92. The number of para-hydroxylation sites is 1. The number of ether oxygens (including phenoxy) is 1. The van der Waals surface area contributed by atoms with Gasteiger partial charge in [0.05, 0.1) is 36.1 Å². The molecule has 3 heterocycles. The molecule has 2 aromatic carbocycles. The molecular formula is C28H29N5O3. The fraction of sp³-hybridized carbons (Fsp3) is 0.321. The van der Waals surface area contributed by atoms with E-state index in [9.17, 15) is 9.59 Å². The first-order chi connectivity index (χ1) is 17.4. The largest absolute Gasteiger partial charge is 0.491 e. The third-order valence-corrected chi connectivity index (χ3v) is 7.49. The number of aromatic nitrogens is 3. The second kappa shape index (κ2) is 8.55. The lowest BCUT2D eigenvalue weighted by Gasteiger charge is -2.30. The molecule has 2 amide bonds. The van der Waals surface area contributed by atoms with Crippen molar-refractivity contribution in [3.05, 3.63) is 83.3 Å². The van der Waals surface area contributed by atoms with Gasteiger partial charge in [0.2, 0.25) is 0 Å². The lowest BCUT2D eigenvalue weighted by Crippen LogP contribution is -2.44. The van der Waals surface area contributed by atoms with Crippen LogP contribution in [-0.4, -0.2) is 62.1 Å². The molecule has 36 heavy (non-hydrogen) atoms. The molecule has 1 saturated carbocycles. The van der Waals surface area contributed by atoms with Crippen LogP contribution in [0.25, 0.3) is 10.9 Å². The first-order valence-electron chi connectivity index (χ1n) is 12.3. The molecule has 1 fully saturated rings. The average Bonchev–Trinajstić information content (AvgIpc) is 3.37. The van der Waals surface area contributed by atoms with Crippen LogP contribution in [0.5, 0.6) is 5.75 Å². The average molecular weight is 484 g/mol. The smallest absolute Gasteiger partial charge is 0.270 e. The predicted molar refractivity (Wildman–Crippen MR) is 136 cm³/mol. The van der Waals surface area contributed by atoms with Crippen LogP contribution >= 0.6 is 0 Å². The van der Waals surface area contributed by atoms with Gasteiger partial charge in [-0.15, -0.1) is 0 Å². The Morgan fingerprint density at radius 1 is 1.11 bits per heavy atom. The highest BCUT2D eigenvalue weighted by molar-refractivity contribution is 5.99. The van der Waals surface area contributed by atoms with E-state index in [2.05, 4.69) is 10.1 Å². The van der Waals surface area contributed by atoms with Crippen molar-refractivity contribution < 1.29 is 14.3 Å². The predicted octanol–water partition coefficient (Wildman–Crippen LogP) is 4.01. The van der Waals surface area contributed by atoms with Crippen LogP contribution in [-0.2, 0) is 13.1 Å². The number of H-pyrrole nitrogens is 1. The molecule has 6 rings (SSSR count). The number of nitrogens with one attached hydrogen (secondary N) is 1. The van der Waals surface area contributed by atoms with E-state index in [1.54, 1.807) is 16.0 Å². The molecule has 0 radical (unpaired) electrons. The molecule has 0 bridgehead atoms. The lowest BCUT2D eigenvalue weighted by molar-refractivity contribution is 0.0626. The van der Waals surface area contributed by atoms with E-state index in [1.807, 2.05) is 73.3 Å². The van der Waals surface area contributed by atoms with Crippen LogP contribution < -0.4 is 4.74 Å². The molecular weight excluding hydrogens is 454 g/mol. The third kappa shape index (κ3) is 3.92. The van der Waals surface area contributed by atoms with Crippen LogP contribution in [0.3, 0.4) is 0 Å². The summed E-state index contributed by atoms with van der Waals surface area (Å²) < 4.78 is 7.91. The number of rotatable bonds is 6. The maximum Gasteiger partial charge on any atom is 0.270 e. The summed E-state index contributed by atoms with van der Waals surface area (Å²) in [5.41, 5.74) is 3.64. The summed E-state index contributed by atoms with van der Waals surface area (Å²) in [6, 6.07) is 17.7. The van der Waals surface area contributed by atoms with Gasteiger partial charge in [-0.05, 0) is 49.6 Å². The number of hydrogen-bond acceptors (Lipinski definition) is 4. The number of fused-ring (bicyclic) bond motifs is 2. The molecule has 2 aromatic heterocycles. The fourth-order valence-electron chi connectivity index (χ4n) is 5.00. The second-order valence-electron chi connectivity index (χ2n) is 9.92. The summed E-state index contributed by atoms with van der Waals surface area (Å²) in [5.74, 6) is 0.660. The van der Waals surface area contributed by atoms with Gasteiger partial charge in [0, 0.05) is 24.5 Å². The summed E-state index contributed by atoms with van der Waals surface area (Å²) in [4.78, 5) is 33.7. The highest BCUT2D eigenvalue weighted by Crippen LogP contribution is 2.42. The number of benzene rings is 2. The highest BCUT2D eigenvalue weighted by atomic mass is 16.5. The van der Waals surface area contributed by atoms with Gasteiger partial charge in [-0.25, -0.2) is 0 Å². The van der Waals surface area contributed by atoms with Crippen molar-refractivity contribution in [2.75, 3.05) is 20.2 Å². The zero-order valence-corrected chi connectivity index (χ0v) is 20.5. The quantitative estimate of drug-likeness (QED) is 0.449. The van der Waals surface area contributed by atoms with Gasteiger partial charge in [0.25, 0.3) is 11.8 Å². The van der Waals surface area contributed by atoms with Gasteiger partial charge >= 0.3 is 0 Å². The normalized spacial score (nSPS) is 16.0. The van der Waals surface area contributed by atoms with Gasteiger partial charge in [-0.1, -0.05) is 30.3 Å². The molecule has 1 aliphatic carbocycles. The Hall–Kier alpha value is -4.07. The molecule has 8 nitrogen and oxygen atoms in total. The number of carbonyl (C=O) groups is 2. The fourth-order valence-corrected chi connectivity index (χ4v) is 5.00. The Bertz CT molecular complexity index is 1430. The van der Waals surface area contributed by atoms with Gasteiger partial charge in [0.15, 0.2) is 0 Å². The standard InChI is InChI=1S/C28H29N5O3/c1-19-6-5-8-21(14-19)36-18-28(10-11-28)31(2)26(34)22-16-29-33-13-12-32(17-25(22)33)27(35)24-15-20-7-3-4-9-23(20)30-24/h3-9,14-16,30H,10-13,17-18H2,1-2H3. The van der Waals surface area contributed by atoms with Crippen molar-refractivity contribution in [2.45, 2.75) is 38.4 Å². The van der Waals surface area contributed by atoms with Crippen molar-refractivity contribution in [1.29, 1.82) is 0 Å². The van der Waals surface area contributed by atoms with E-state index < -0.39 is 0 Å². The number of aromatic amines is 1. The van der Waals surface area contributed by atoms with E-state index in [4.69, 9.17) is 4.74 Å². The maximum absolute atomic E-state index is 13.6. The molecule has 1 aliphatic heterocycles. The topological polar surface area (TPSA) is 83.5 Å². The number of aryl methyl sites for hydroxylation is 1. The SMILES string of the molecule is Cc1cccc(OCC2(N(C)C(=O)c3cnn4c3CN(C(=O)c3cc5ccccc5[nH]3)CC4)CC2)c1. The molecule has 8 heteroatoms. The van der Waals surface area contributed by atoms with Crippen molar-refractivity contribution in [1.82, 2.24) is 24.6 Å². The molecule has 0 unspecified atom stereocenters. The summed E-state index contributed by atoms with van der Waals surface area (Å²) in [5, 5.41) is 5.46. The minimum absolute atomic E-state index is 0.0735. The maximum atomic E-state index is 13.6. The summed E-state index contributed by atoms with van der Waals surface area (Å²) in [7, 11) is 1.84. The molecule has 0 atom stereocenters. The molecule has 2 aliphatic rings. The van der Waals surface area contributed by atoms with Crippen LogP contribution in [0.15, 0.2) is 60.8 Å². The Balaban J connectivity index is 1.18. The van der Waals surface area contributed by atoms with Crippen molar-refractivity contribution in [3.8, 4) is 5.75 Å². The Morgan fingerprint density at radius 3 is 2.72 bits per heavy atom. The van der Waals surface area contributed by atoms with Crippen molar-refractivity contribution in [2.24, 2.45) is 0 Å². The van der Waals surface area contributed by atoms with E-state index in [1.165, 1.54) is 0 Å². The third-order valence-electron chi connectivity index (χ3n) is 7.49. The van der Waals surface area contributed by atoms with Crippen molar-refractivity contribution in [3.63, 3.8) is 0 Å². The zero-order chi connectivity index (χ0) is 24.9. The number of amides is 2. The van der Waals surface area contributed by atoms with Crippen LogP contribution in [0, 0.1) is 6.92 Å². The molecule has 0 spiro atoms. The van der Waals surface area contributed by atoms with Crippen LogP contribution in [0.1, 0.15) is 44.9 Å². The van der Waals surface area contributed by atoms with E-state index in [0.29, 0.717) is 37.5 Å². The van der Waals surface area contributed by atoms with E-state index >= 15 is 0 Å². The van der Waals surface area contributed by atoms with Crippen molar-refractivity contribution >= 4 is 22.7 Å². The Labute approximate surface area is 209 Å². The van der Waals surface area contributed by atoms with Gasteiger partial charge in [-0.3, -0.25) is 14.3 Å². The first-order valence-corrected chi connectivity index (χ1v) is 12.3. The zero-order valence-electron chi connectivity index (χ0n) is 20.5. The highest BCUT2D eigenvalue weighted by Gasteiger charge is 2.50. The van der Waals surface area contributed by atoms with Crippen LogP contribution in [0.2, 0.25) is 0 Å². The minimum atomic E-state index is -0.315. The number of nitrogens with zero attached hydrogens (tertiary/aromatic N) is 4. The first kappa shape index (κ1) is 22.4. The van der Waals surface area contributed by atoms with Crippen LogP contribution in [0.4, 0.5) is 0 Å². The number of carbonyl (C=O) groups excluding carboxylic acids is 2. The van der Waals surface area contributed by atoms with Gasteiger partial charge in [-0.2, -0.15) is 5.10 Å². The van der Waals surface area contributed by atoms with Gasteiger partial charge < -0.3 is 19.5 Å². The van der Waals surface area contributed by atoms with Gasteiger partial charge in [0.1, 0.15) is 18.1 Å². The number of hydrogen-bond donors (Lipinski definition) is 1. The Morgan fingerprint density at radius 2 is 1.94 bits per heavy atom. The molecule has 184 valence electrons. The Kier molecular flexibility index (Phi) is 5.32. The summed E-state index contributed by atoms with van der Waals surface area (Å²) >= 11 is 0. The molecule has 1 N–H and O–H groups in total. The number of likely N-dealkylation sites (N-methyl/N-ethyl adjacent to an activating group) is 1. The second-order valence-corrected chi connectivity index (χ2v) is 9.92. The lowest BCUT2D eigenvalue weighted by atomic mass is 10.1.